The summed E-state index contributed by atoms with van der Waals surface area (Å²) in [4.78, 5) is 23.6. The Balaban J connectivity index is 1.49. The first-order chi connectivity index (χ1) is 14.2. The van der Waals surface area contributed by atoms with Crippen LogP contribution in [0.4, 0.5) is 0 Å². The van der Waals surface area contributed by atoms with Gasteiger partial charge in [0, 0.05) is 24.7 Å². The van der Waals surface area contributed by atoms with E-state index in [0.29, 0.717) is 42.3 Å². The van der Waals surface area contributed by atoms with Gasteiger partial charge in [-0.15, -0.1) is 0 Å². The maximum Gasteiger partial charge on any atom is 0.306 e. The average Bonchev–Trinajstić information content (AvgIpc) is 2.97. The van der Waals surface area contributed by atoms with E-state index < -0.39 is 5.60 Å². The van der Waals surface area contributed by atoms with Crippen molar-refractivity contribution in [1.29, 1.82) is 0 Å². The third-order valence-electron chi connectivity index (χ3n) is 9.69. The molecule has 4 heteroatoms. The summed E-state index contributed by atoms with van der Waals surface area (Å²) in [5, 5.41) is 11.6. The summed E-state index contributed by atoms with van der Waals surface area (Å²) < 4.78 is 5.17. The Hall–Kier alpha value is -1.34. The number of aliphatic hydroxyl groups is 1. The minimum absolute atomic E-state index is 0.0712. The van der Waals surface area contributed by atoms with Crippen LogP contribution in [0.3, 0.4) is 0 Å². The highest BCUT2D eigenvalue weighted by atomic mass is 16.5. The molecule has 4 nitrogen and oxygen atoms in total. The van der Waals surface area contributed by atoms with E-state index in [1.54, 1.807) is 0 Å². The smallest absolute Gasteiger partial charge is 0.306 e. The largest absolute Gasteiger partial charge is 0.452 e. The molecule has 1 N–H and O–H groups in total. The third-order valence-corrected chi connectivity index (χ3v) is 9.69. The average molecular weight is 415 g/mol. The molecule has 4 rings (SSSR count). The first kappa shape index (κ1) is 21.9. The minimum Gasteiger partial charge on any atom is -0.452 e. The molecule has 30 heavy (non-hydrogen) atoms. The Morgan fingerprint density at radius 2 is 1.90 bits per heavy atom. The van der Waals surface area contributed by atoms with Gasteiger partial charge in [0.1, 0.15) is 11.4 Å². The van der Waals surface area contributed by atoms with Gasteiger partial charge in [-0.25, -0.2) is 0 Å². The molecule has 0 aromatic rings. The monoisotopic (exact) mass is 414 g/mol. The van der Waals surface area contributed by atoms with Gasteiger partial charge in [0.2, 0.25) is 0 Å². The van der Waals surface area contributed by atoms with Gasteiger partial charge >= 0.3 is 5.97 Å². The van der Waals surface area contributed by atoms with Gasteiger partial charge in [-0.3, -0.25) is 9.59 Å². The number of carbonyl (C=O) groups is 2. The number of Topliss-reactive ketones (excluding diaryl/α,β-unsaturated/α-hetero) is 1. The van der Waals surface area contributed by atoms with Crippen LogP contribution in [-0.2, 0) is 14.3 Å². The molecule has 4 saturated carbocycles. The highest BCUT2D eigenvalue weighted by Gasteiger charge is 2.64. The second-order valence-corrected chi connectivity index (χ2v) is 11.0. The van der Waals surface area contributed by atoms with E-state index in [2.05, 4.69) is 25.7 Å². The fourth-order valence-corrected chi connectivity index (χ4v) is 7.84. The van der Waals surface area contributed by atoms with Gasteiger partial charge < -0.3 is 9.84 Å². The van der Waals surface area contributed by atoms with Crippen molar-refractivity contribution in [1.82, 2.24) is 0 Å². The maximum atomic E-state index is 12.1. The molecule has 4 aliphatic carbocycles. The van der Waals surface area contributed by atoms with Crippen LogP contribution < -0.4 is 0 Å². The van der Waals surface area contributed by atoms with Crippen LogP contribution in [-0.4, -0.2) is 29.1 Å². The van der Waals surface area contributed by atoms with Crippen molar-refractivity contribution >= 4 is 11.8 Å². The number of hydrogen-bond acceptors (Lipinski definition) is 4. The van der Waals surface area contributed by atoms with Crippen LogP contribution >= 0.6 is 0 Å². The van der Waals surface area contributed by atoms with Crippen LogP contribution in [0, 0.1) is 46.3 Å². The summed E-state index contributed by atoms with van der Waals surface area (Å²) in [6, 6.07) is 0. The molecule has 0 unspecified atom stereocenters. The molecule has 0 aromatic heterocycles. The van der Waals surface area contributed by atoms with E-state index in [9.17, 15) is 14.7 Å². The lowest BCUT2D eigenvalue weighted by atomic mass is 9.44. The molecule has 0 heterocycles. The Labute approximate surface area is 181 Å². The summed E-state index contributed by atoms with van der Waals surface area (Å²) in [5.41, 5.74) is -0.889. The first-order valence-electron chi connectivity index (χ1n) is 12.1. The topological polar surface area (TPSA) is 63.6 Å². The second-order valence-electron chi connectivity index (χ2n) is 11.0. The van der Waals surface area contributed by atoms with Crippen molar-refractivity contribution < 1.29 is 19.4 Å². The van der Waals surface area contributed by atoms with Gasteiger partial charge in [-0.1, -0.05) is 32.6 Å². The van der Waals surface area contributed by atoms with E-state index in [1.165, 1.54) is 6.42 Å². The molecule has 0 aliphatic heterocycles. The third kappa shape index (κ3) is 3.42. The molecule has 0 amide bonds. The molecular formula is C26H38O4. The standard InChI is InChI=1S/C26H38O4/c1-4-6-23(28)30-16-5-12-26(29)15-11-22-20-8-7-18-17-19(27)9-13-24(18,2)21(20)10-14-25(22,26)3/h18,20-22,29H,4,6-11,13-17H2,1-3H3/t18-,20+,21-,22-,24-,25-,26-/m0/s1. The van der Waals surface area contributed by atoms with Crippen molar-refractivity contribution in [3.05, 3.63) is 0 Å². The highest BCUT2D eigenvalue weighted by Crippen LogP contribution is 2.67. The van der Waals surface area contributed by atoms with Gasteiger partial charge in [0.15, 0.2) is 6.61 Å². The Kier molecular flexibility index (Phi) is 5.81. The van der Waals surface area contributed by atoms with Crippen LogP contribution in [0.5, 0.6) is 0 Å². The van der Waals surface area contributed by atoms with Gasteiger partial charge in [-0.05, 0) is 80.5 Å². The number of fused-ring (bicyclic) bond motifs is 5. The lowest BCUT2D eigenvalue weighted by molar-refractivity contribution is -0.147. The zero-order chi connectivity index (χ0) is 21.6. The van der Waals surface area contributed by atoms with E-state index >= 15 is 0 Å². The Bertz CT molecular complexity index is 763. The van der Waals surface area contributed by atoms with Crippen molar-refractivity contribution in [2.24, 2.45) is 34.5 Å². The quantitative estimate of drug-likeness (QED) is 0.538. The van der Waals surface area contributed by atoms with Gasteiger partial charge in [0.05, 0.1) is 0 Å². The fraction of sp³-hybridized carbons (Fsp3) is 0.846. The van der Waals surface area contributed by atoms with Crippen LogP contribution in [0.25, 0.3) is 0 Å². The molecule has 0 aromatic carbocycles. The lowest BCUT2D eigenvalue weighted by Gasteiger charge is -2.60. The van der Waals surface area contributed by atoms with Crippen LogP contribution in [0.15, 0.2) is 0 Å². The molecule has 0 saturated heterocycles. The molecule has 4 aliphatic rings. The molecule has 166 valence electrons. The number of carbonyl (C=O) groups excluding carboxylic acids is 2. The number of hydrogen-bond donors (Lipinski definition) is 1. The molecule has 4 fully saturated rings. The maximum absolute atomic E-state index is 12.1. The van der Waals surface area contributed by atoms with E-state index in [-0.39, 0.29) is 23.4 Å². The SMILES string of the molecule is CCCC(=O)OCC#C[C@]1(O)CC[C@H]2[C@@H]3CC[C@H]4CC(=O)CC[C@]4(C)[C@H]3CC[C@@]21C. The van der Waals surface area contributed by atoms with E-state index in [1.807, 2.05) is 6.92 Å². The number of ether oxygens (including phenoxy) is 1. The first-order valence-corrected chi connectivity index (χ1v) is 12.1. The number of rotatable bonds is 3. The zero-order valence-electron chi connectivity index (χ0n) is 19.0. The van der Waals surface area contributed by atoms with Crippen molar-refractivity contribution in [2.75, 3.05) is 6.61 Å². The predicted molar refractivity (Wildman–Crippen MR) is 115 cm³/mol. The summed E-state index contributed by atoms with van der Waals surface area (Å²) in [6.45, 7) is 6.72. The number of esters is 1. The second kappa shape index (κ2) is 7.97. The molecule has 0 bridgehead atoms. The normalized spacial score (nSPS) is 44.9. The molecule has 7 atom stereocenters. The number of ketones is 1. The van der Waals surface area contributed by atoms with Crippen molar-refractivity contribution in [2.45, 2.75) is 97.0 Å². The van der Waals surface area contributed by atoms with E-state index in [4.69, 9.17) is 4.74 Å². The van der Waals surface area contributed by atoms with Gasteiger partial charge in [0.25, 0.3) is 0 Å². The highest BCUT2D eigenvalue weighted by molar-refractivity contribution is 5.79. The minimum atomic E-state index is -0.986. The summed E-state index contributed by atoms with van der Waals surface area (Å²) in [6.07, 6.45) is 10.00. The molecule has 0 spiro atoms. The van der Waals surface area contributed by atoms with Crippen LogP contribution in [0.2, 0.25) is 0 Å². The summed E-state index contributed by atoms with van der Waals surface area (Å²) in [7, 11) is 0. The zero-order valence-corrected chi connectivity index (χ0v) is 19.0. The summed E-state index contributed by atoms with van der Waals surface area (Å²) >= 11 is 0. The lowest BCUT2D eigenvalue weighted by Crippen LogP contribution is -2.56. The van der Waals surface area contributed by atoms with Crippen LogP contribution in [0.1, 0.15) is 91.4 Å². The van der Waals surface area contributed by atoms with E-state index in [0.717, 1.165) is 51.4 Å². The van der Waals surface area contributed by atoms with Crippen molar-refractivity contribution in [3.8, 4) is 11.8 Å². The predicted octanol–water partition coefficient (Wildman–Crippen LogP) is 4.68. The summed E-state index contributed by atoms with van der Waals surface area (Å²) in [5.74, 6) is 8.71. The Morgan fingerprint density at radius 3 is 2.67 bits per heavy atom. The van der Waals surface area contributed by atoms with Crippen molar-refractivity contribution in [3.63, 3.8) is 0 Å². The van der Waals surface area contributed by atoms with Gasteiger partial charge in [-0.2, -0.15) is 0 Å². The Morgan fingerprint density at radius 1 is 1.13 bits per heavy atom. The molecule has 0 radical (unpaired) electrons. The molecular weight excluding hydrogens is 376 g/mol. The fourth-order valence-electron chi connectivity index (χ4n) is 7.84.